The van der Waals surface area contributed by atoms with Crippen LogP contribution in [0.3, 0.4) is 0 Å². The summed E-state index contributed by atoms with van der Waals surface area (Å²) in [6.07, 6.45) is 3.45. The minimum absolute atomic E-state index is 0.107. The number of nitrogens with zero attached hydrogens (tertiary/aromatic N) is 3. The van der Waals surface area contributed by atoms with Gasteiger partial charge in [0.05, 0.1) is 12.6 Å². The van der Waals surface area contributed by atoms with E-state index in [1.807, 2.05) is 0 Å². The summed E-state index contributed by atoms with van der Waals surface area (Å²) in [5.41, 5.74) is 0. The van der Waals surface area contributed by atoms with E-state index in [9.17, 15) is 0 Å². The molecule has 1 aliphatic rings. The number of hydrogen-bond donors (Lipinski definition) is 1. The first kappa shape index (κ1) is 15.3. The predicted octanol–water partition coefficient (Wildman–Crippen LogP) is 1.99. The molecule has 1 N–H and O–H groups in total. The summed E-state index contributed by atoms with van der Waals surface area (Å²) in [5.74, 6) is 1.22. The molecule has 2 rings (SSSR count). The Balaban J connectivity index is 1.93. The van der Waals surface area contributed by atoms with Gasteiger partial charge in [-0.05, 0) is 32.7 Å². The van der Waals surface area contributed by atoms with Crippen LogP contribution in [0.25, 0.3) is 0 Å². The normalized spacial score (nSPS) is 21.1. The van der Waals surface area contributed by atoms with Gasteiger partial charge in [0.2, 0.25) is 5.89 Å². The highest BCUT2D eigenvalue weighted by Crippen LogP contribution is 2.23. The number of nitrogens with one attached hydrogen (secondary N) is 1. The van der Waals surface area contributed by atoms with Crippen molar-refractivity contribution in [1.82, 2.24) is 15.5 Å². The Morgan fingerprint density at radius 1 is 1.50 bits per heavy atom. The molecule has 6 heteroatoms. The second kappa shape index (κ2) is 7.59. The smallest absolute Gasteiger partial charge is 0.318 e. The molecular weight excluding hydrogens is 256 g/mol. The SMILES string of the molecule is CCCNC(C)c1nnc(N2CCCC(COC)C2)o1. The van der Waals surface area contributed by atoms with Gasteiger partial charge >= 0.3 is 6.01 Å². The van der Waals surface area contributed by atoms with Gasteiger partial charge in [-0.3, -0.25) is 0 Å². The Bertz CT molecular complexity index is 394. The van der Waals surface area contributed by atoms with Gasteiger partial charge in [-0.15, -0.1) is 5.10 Å². The Labute approximate surface area is 120 Å². The van der Waals surface area contributed by atoms with Crippen molar-refractivity contribution in [3.05, 3.63) is 5.89 Å². The van der Waals surface area contributed by atoms with Crippen LogP contribution in [0, 0.1) is 5.92 Å². The summed E-state index contributed by atoms with van der Waals surface area (Å²) in [5, 5.41) is 11.7. The lowest BCUT2D eigenvalue weighted by atomic mass is 9.99. The molecule has 20 heavy (non-hydrogen) atoms. The number of piperidine rings is 1. The lowest BCUT2D eigenvalue weighted by Gasteiger charge is -2.30. The quantitative estimate of drug-likeness (QED) is 0.825. The van der Waals surface area contributed by atoms with Gasteiger partial charge in [0.25, 0.3) is 0 Å². The third kappa shape index (κ3) is 3.93. The second-order valence-electron chi connectivity index (χ2n) is 5.51. The van der Waals surface area contributed by atoms with Crippen molar-refractivity contribution in [1.29, 1.82) is 0 Å². The van der Waals surface area contributed by atoms with Crippen molar-refractivity contribution >= 4 is 6.01 Å². The summed E-state index contributed by atoms with van der Waals surface area (Å²) >= 11 is 0. The molecule has 2 atom stereocenters. The summed E-state index contributed by atoms with van der Waals surface area (Å²) in [6, 6.07) is 0.752. The molecule has 1 saturated heterocycles. The molecule has 114 valence electrons. The molecule has 1 aromatic rings. The van der Waals surface area contributed by atoms with Gasteiger partial charge in [-0.2, -0.15) is 0 Å². The number of anilines is 1. The monoisotopic (exact) mass is 282 g/mol. The Morgan fingerprint density at radius 2 is 2.35 bits per heavy atom. The molecule has 1 fully saturated rings. The van der Waals surface area contributed by atoms with E-state index < -0.39 is 0 Å². The molecular formula is C14H26N4O2. The van der Waals surface area contributed by atoms with Gasteiger partial charge in [0, 0.05) is 26.1 Å². The van der Waals surface area contributed by atoms with Gasteiger partial charge < -0.3 is 19.4 Å². The van der Waals surface area contributed by atoms with E-state index in [-0.39, 0.29) is 6.04 Å². The number of hydrogen-bond acceptors (Lipinski definition) is 6. The van der Waals surface area contributed by atoms with E-state index in [2.05, 4.69) is 34.3 Å². The molecule has 2 unspecified atom stereocenters. The van der Waals surface area contributed by atoms with E-state index in [0.717, 1.165) is 39.1 Å². The maximum atomic E-state index is 5.81. The number of rotatable bonds is 7. The highest BCUT2D eigenvalue weighted by atomic mass is 16.5. The van der Waals surface area contributed by atoms with Gasteiger partial charge in [-0.25, -0.2) is 0 Å². The largest absolute Gasteiger partial charge is 0.406 e. The highest BCUT2D eigenvalue weighted by molar-refractivity contribution is 5.25. The molecule has 0 saturated carbocycles. The average molecular weight is 282 g/mol. The van der Waals surface area contributed by atoms with E-state index in [0.29, 0.717) is 17.8 Å². The van der Waals surface area contributed by atoms with Crippen molar-refractivity contribution < 1.29 is 9.15 Å². The van der Waals surface area contributed by atoms with E-state index in [1.54, 1.807) is 7.11 Å². The van der Waals surface area contributed by atoms with E-state index in [4.69, 9.17) is 9.15 Å². The first-order valence-corrected chi connectivity index (χ1v) is 7.55. The van der Waals surface area contributed by atoms with Crippen molar-refractivity contribution in [2.75, 3.05) is 38.3 Å². The molecule has 0 aromatic carbocycles. The summed E-state index contributed by atoms with van der Waals surface area (Å²) < 4.78 is 11.1. The average Bonchev–Trinajstić information content (AvgIpc) is 2.95. The first-order valence-electron chi connectivity index (χ1n) is 7.55. The van der Waals surface area contributed by atoms with Crippen LogP contribution in [-0.4, -0.2) is 43.5 Å². The lowest BCUT2D eigenvalue weighted by molar-refractivity contribution is 0.142. The minimum Gasteiger partial charge on any atom is -0.406 e. The second-order valence-corrected chi connectivity index (χ2v) is 5.51. The lowest BCUT2D eigenvalue weighted by Crippen LogP contribution is -2.37. The summed E-state index contributed by atoms with van der Waals surface area (Å²) in [6.45, 7) is 7.87. The summed E-state index contributed by atoms with van der Waals surface area (Å²) in [4.78, 5) is 2.18. The fraction of sp³-hybridized carbons (Fsp3) is 0.857. The summed E-state index contributed by atoms with van der Waals surface area (Å²) in [7, 11) is 1.75. The standard InChI is InChI=1S/C14H26N4O2/c1-4-7-15-11(2)13-16-17-14(20-13)18-8-5-6-12(9-18)10-19-3/h11-12,15H,4-10H2,1-3H3. The van der Waals surface area contributed by atoms with E-state index in [1.165, 1.54) is 6.42 Å². The molecule has 0 amide bonds. The maximum absolute atomic E-state index is 5.81. The Kier molecular flexibility index (Phi) is 5.79. The van der Waals surface area contributed by atoms with Crippen LogP contribution >= 0.6 is 0 Å². The van der Waals surface area contributed by atoms with Crippen LogP contribution in [0.5, 0.6) is 0 Å². The van der Waals surface area contributed by atoms with Crippen molar-refractivity contribution in [2.45, 2.75) is 39.2 Å². The van der Waals surface area contributed by atoms with Crippen molar-refractivity contribution in [3.63, 3.8) is 0 Å². The Morgan fingerprint density at radius 3 is 3.10 bits per heavy atom. The molecule has 2 heterocycles. The fourth-order valence-corrected chi connectivity index (χ4v) is 2.59. The number of ether oxygens (including phenoxy) is 1. The fourth-order valence-electron chi connectivity index (χ4n) is 2.59. The minimum atomic E-state index is 0.107. The highest BCUT2D eigenvalue weighted by Gasteiger charge is 2.24. The van der Waals surface area contributed by atoms with Crippen LogP contribution in [0.1, 0.15) is 45.0 Å². The predicted molar refractivity (Wildman–Crippen MR) is 77.8 cm³/mol. The Hall–Kier alpha value is -1.14. The van der Waals surface area contributed by atoms with Crippen LogP contribution in [0.4, 0.5) is 6.01 Å². The first-order chi connectivity index (χ1) is 9.74. The molecule has 0 aliphatic carbocycles. The third-order valence-corrected chi connectivity index (χ3v) is 3.69. The zero-order valence-corrected chi connectivity index (χ0v) is 12.8. The number of aromatic nitrogens is 2. The van der Waals surface area contributed by atoms with Crippen LogP contribution in [0.15, 0.2) is 4.42 Å². The molecule has 0 radical (unpaired) electrons. The van der Waals surface area contributed by atoms with E-state index >= 15 is 0 Å². The molecule has 1 aromatic heterocycles. The van der Waals surface area contributed by atoms with Crippen LogP contribution in [0.2, 0.25) is 0 Å². The van der Waals surface area contributed by atoms with Gasteiger partial charge in [0.1, 0.15) is 0 Å². The zero-order chi connectivity index (χ0) is 14.4. The van der Waals surface area contributed by atoms with Gasteiger partial charge in [0.15, 0.2) is 0 Å². The third-order valence-electron chi connectivity index (χ3n) is 3.69. The van der Waals surface area contributed by atoms with Crippen LogP contribution < -0.4 is 10.2 Å². The zero-order valence-electron chi connectivity index (χ0n) is 12.8. The molecule has 1 aliphatic heterocycles. The van der Waals surface area contributed by atoms with Gasteiger partial charge in [-0.1, -0.05) is 12.0 Å². The molecule has 6 nitrogen and oxygen atoms in total. The topological polar surface area (TPSA) is 63.4 Å². The van der Waals surface area contributed by atoms with Crippen LogP contribution in [-0.2, 0) is 4.74 Å². The maximum Gasteiger partial charge on any atom is 0.318 e. The molecule has 0 bridgehead atoms. The number of methoxy groups -OCH3 is 1. The van der Waals surface area contributed by atoms with Crippen molar-refractivity contribution in [2.24, 2.45) is 5.92 Å². The molecule has 0 spiro atoms. The van der Waals surface area contributed by atoms with Crippen molar-refractivity contribution in [3.8, 4) is 0 Å².